The van der Waals surface area contributed by atoms with Crippen molar-refractivity contribution < 1.29 is 4.79 Å². The molecule has 5 heteroatoms. The molecule has 0 unspecified atom stereocenters. The van der Waals surface area contributed by atoms with Crippen molar-refractivity contribution in [1.29, 1.82) is 0 Å². The maximum absolute atomic E-state index is 12.0. The lowest BCUT2D eigenvalue weighted by molar-refractivity contribution is 0.262. The molecule has 1 heterocycles. The van der Waals surface area contributed by atoms with Crippen LogP contribution in [0, 0.1) is 6.92 Å². The van der Waals surface area contributed by atoms with Crippen LogP contribution in [0.4, 0.5) is 16.3 Å². The van der Waals surface area contributed by atoms with Crippen molar-refractivity contribution in [1.82, 2.24) is 9.97 Å². The fourth-order valence-electron chi connectivity index (χ4n) is 2.27. The van der Waals surface area contributed by atoms with E-state index in [9.17, 15) is 4.79 Å². The molecule has 114 valence electrons. The summed E-state index contributed by atoms with van der Waals surface area (Å²) in [6, 6.07) is 15.5. The average Bonchev–Trinajstić information content (AvgIpc) is 2.58. The molecule has 0 aliphatic rings. The van der Waals surface area contributed by atoms with Gasteiger partial charge in [0.15, 0.2) is 5.82 Å². The third-order valence-corrected chi connectivity index (χ3v) is 3.39. The number of hydrogen-bond donors (Lipinski definition) is 2. The number of aryl methyl sites for hydroxylation is 1. The number of aromatic nitrogens is 2. The van der Waals surface area contributed by atoms with E-state index in [0.717, 1.165) is 22.4 Å². The summed E-state index contributed by atoms with van der Waals surface area (Å²) in [4.78, 5) is 19.9. The van der Waals surface area contributed by atoms with E-state index in [1.165, 1.54) is 12.4 Å². The van der Waals surface area contributed by atoms with Crippen LogP contribution in [0.25, 0.3) is 11.1 Å². The number of nitrogens with one attached hydrogen (secondary N) is 2. The number of hydrogen-bond acceptors (Lipinski definition) is 3. The number of carbonyl (C=O) groups is 1. The molecule has 23 heavy (non-hydrogen) atoms. The van der Waals surface area contributed by atoms with Gasteiger partial charge in [-0.3, -0.25) is 10.3 Å². The van der Waals surface area contributed by atoms with Gasteiger partial charge in [0, 0.05) is 18.1 Å². The molecular formula is C18H16N4O. The van der Waals surface area contributed by atoms with Crippen LogP contribution in [0.15, 0.2) is 67.1 Å². The van der Waals surface area contributed by atoms with E-state index in [-0.39, 0.29) is 6.03 Å². The highest BCUT2D eigenvalue weighted by atomic mass is 16.2. The zero-order valence-electron chi connectivity index (χ0n) is 12.7. The molecule has 5 nitrogen and oxygen atoms in total. The van der Waals surface area contributed by atoms with Crippen LogP contribution in [-0.4, -0.2) is 16.0 Å². The standard InChI is InChI=1S/C18H16N4O/c1-13-7-8-15(11-16(13)14-5-3-2-4-6-14)21-18(23)22-17-12-19-9-10-20-17/h2-12H,1H3,(H2,20,21,22,23). The lowest BCUT2D eigenvalue weighted by Gasteiger charge is -2.11. The average molecular weight is 304 g/mol. The Labute approximate surface area is 134 Å². The normalized spacial score (nSPS) is 10.1. The molecule has 0 fully saturated rings. The van der Waals surface area contributed by atoms with E-state index in [1.807, 2.05) is 55.5 Å². The summed E-state index contributed by atoms with van der Waals surface area (Å²) in [5.41, 5.74) is 4.07. The van der Waals surface area contributed by atoms with E-state index in [2.05, 4.69) is 20.6 Å². The largest absolute Gasteiger partial charge is 0.324 e. The molecule has 0 spiro atoms. The number of benzene rings is 2. The second kappa shape index (κ2) is 6.70. The quantitative estimate of drug-likeness (QED) is 0.765. The molecule has 0 atom stereocenters. The summed E-state index contributed by atoms with van der Waals surface area (Å²) in [5, 5.41) is 5.45. The highest BCUT2D eigenvalue weighted by Gasteiger charge is 2.07. The number of amides is 2. The predicted octanol–water partition coefficient (Wildman–Crippen LogP) is 4.10. The lowest BCUT2D eigenvalue weighted by atomic mass is 10.00. The van der Waals surface area contributed by atoms with Gasteiger partial charge in [0.1, 0.15) is 0 Å². The zero-order chi connectivity index (χ0) is 16.1. The molecular weight excluding hydrogens is 288 g/mol. The summed E-state index contributed by atoms with van der Waals surface area (Å²) in [5.74, 6) is 0.403. The Hall–Kier alpha value is -3.21. The second-order valence-corrected chi connectivity index (χ2v) is 5.07. The van der Waals surface area contributed by atoms with Gasteiger partial charge in [-0.15, -0.1) is 0 Å². The Bertz CT molecular complexity index is 804. The zero-order valence-corrected chi connectivity index (χ0v) is 12.7. The summed E-state index contributed by atoms with van der Waals surface area (Å²) in [7, 11) is 0. The molecule has 0 aliphatic heterocycles. The lowest BCUT2D eigenvalue weighted by Crippen LogP contribution is -2.20. The summed E-state index contributed by atoms with van der Waals surface area (Å²) in [6.45, 7) is 2.05. The van der Waals surface area contributed by atoms with Crippen molar-refractivity contribution in [3.8, 4) is 11.1 Å². The van der Waals surface area contributed by atoms with Crippen LogP contribution in [0.5, 0.6) is 0 Å². The molecule has 0 saturated carbocycles. The minimum atomic E-state index is -0.353. The molecule has 0 aliphatic carbocycles. The summed E-state index contributed by atoms with van der Waals surface area (Å²) < 4.78 is 0. The number of carbonyl (C=O) groups excluding carboxylic acids is 1. The molecule has 2 amide bonds. The van der Waals surface area contributed by atoms with E-state index < -0.39 is 0 Å². The van der Waals surface area contributed by atoms with Crippen LogP contribution < -0.4 is 10.6 Å². The monoisotopic (exact) mass is 304 g/mol. The fraction of sp³-hybridized carbons (Fsp3) is 0.0556. The van der Waals surface area contributed by atoms with Gasteiger partial charge in [-0.1, -0.05) is 36.4 Å². The van der Waals surface area contributed by atoms with Gasteiger partial charge in [0.05, 0.1) is 6.20 Å². The van der Waals surface area contributed by atoms with Gasteiger partial charge in [-0.05, 0) is 35.7 Å². The van der Waals surface area contributed by atoms with E-state index in [4.69, 9.17) is 0 Å². The van der Waals surface area contributed by atoms with Gasteiger partial charge >= 0.3 is 6.03 Å². The van der Waals surface area contributed by atoms with Crippen LogP contribution in [-0.2, 0) is 0 Å². The fourth-order valence-corrected chi connectivity index (χ4v) is 2.27. The van der Waals surface area contributed by atoms with E-state index >= 15 is 0 Å². The Morgan fingerprint density at radius 1 is 1.00 bits per heavy atom. The molecule has 0 radical (unpaired) electrons. The van der Waals surface area contributed by atoms with Crippen LogP contribution in [0.3, 0.4) is 0 Å². The first-order chi connectivity index (χ1) is 11.2. The topological polar surface area (TPSA) is 66.9 Å². The molecule has 2 N–H and O–H groups in total. The van der Waals surface area contributed by atoms with Gasteiger partial charge in [-0.2, -0.15) is 0 Å². The molecule has 3 rings (SSSR count). The van der Waals surface area contributed by atoms with Crippen LogP contribution in [0.1, 0.15) is 5.56 Å². The predicted molar refractivity (Wildman–Crippen MR) is 91.3 cm³/mol. The van der Waals surface area contributed by atoms with Crippen molar-refractivity contribution in [2.75, 3.05) is 10.6 Å². The Balaban J connectivity index is 1.77. The smallest absolute Gasteiger partial charge is 0.308 e. The summed E-state index contributed by atoms with van der Waals surface area (Å²) in [6.07, 6.45) is 4.56. The first kappa shape index (κ1) is 14.7. The highest BCUT2D eigenvalue weighted by Crippen LogP contribution is 2.26. The van der Waals surface area contributed by atoms with Crippen LogP contribution in [0.2, 0.25) is 0 Å². The van der Waals surface area contributed by atoms with Gasteiger partial charge in [0.2, 0.25) is 0 Å². The first-order valence-corrected chi connectivity index (χ1v) is 7.22. The van der Waals surface area contributed by atoms with Crippen molar-refractivity contribution >= 4 is 17.5 Å². The Kier molecular flexibility index (Phi) is 4.29. The van der Waals surface area contributed by atoms with Gasteiger partial charge in [0.25, 0.3) is 0 Å². The van der Waals surface area contributed by atoms with Crippen LogP contribution >= 0.6 is 0 Å². The first-order valence-electron chi connectivity index (χ1n) is 7.22. The minimum Gasteiger partial charge on any atom is -0.308 e. The van der Waals surface area contributed by atoms with Gasteiger partial charge in [-0.25, -0.2) is 9.78 Å². The van der Waals surface area contributed by atoms with Crippen molar-refractivity contribution in [2.45, 2.75) is 6.92 Å². The maximum atomic E-state index is 12.0. The molecule has 0 bridgehead atoms. The molecule has 0 saturated heterocycles. The van der Waals surface area contributed by atoms with Gasteiger partial charge < -0.3 is 5.32 Å². The Morgan fingerprint density at radius 2 is 1.83 bits per heavy atom. The minimum absolute atomic E-state index is 0.353. The van der Waals surface area contributed by atoms with Crippen molar-refractivity contribution in [3.63, 3.8) is 0 Å². The highest BCUT2D eigenvalue weighted by molar-refractivity contribution is 5.99. The molecule has 3 aromatic rings. The number of urea groups is 1. The number of anilines is 2. The molecule has 1 aromatic heterocycles. The van der Waals surface area contributed by atoms with E-state index in [0.29, 0.717) is 5.82 Å². The maximum Gasteiger partial charge on any atom is 0.324 e. The Morgan fingerprint density at radius 3 is 2.57 bits per heavy atom. The molecule has 2 aromatic carbocycles. The summed E-state index contributed by atoms with van der Waals surface area (Å²) >= 11 is 0. The number of rotatable bonds is 3. The second-order valence-electron chi connectivity index (χ2n) is 5.07. The van der Waals surface area contributed by atoms with Crippen molar-refractivity contribution in [2.24, 2.45) is 0 Å². The number of nitrogens with zero attached hydrogens (tertiary/aromatic N) is 2. The van der Waals surface area contributed by atoms with E-state index in [1.54, 1.807) is 6.20 Å². The third kappa shape index (κ3) is 3.71. The third-order valence-electron chi connectivity index (χ3n) is 3.39. The van der Waals surface area contributed by atoms with Crippen molar-refractivity contribution in [3.05, 3.63) is 72.7 Å². The SMILES string of the molecule is Cc1ccc(NC(=O)Nc2cnccn2)cc1-c1ccccc1.